The third kappa shape index (κ3) is 3.14. The largest absolute Gasteiger partial charge is 0.398 e. The molecule has 1 fully saturated rings. The Hall–Kier alpha value is -3.40. The van der Waals surface area contributed by atoms with Gasteiger partial charge in [0.1, 0.15) is 22.9 Å². The second kappa shape index (κ2) is 7.69. The van der Waals surface area contributed by atoms with E-state index >= 15 is 0 Å². The zero-order valence-corrected chi connectivity index (χ0v) is 17.2. The summed E-state index contributed by atoms with van der Waals surface area (Å²) in [5.74, 6) is -1.06. The number of ether oxygens (including phenoxy) is 1. The molecule has 1 unspecified atom stereocenters. The van der Waals surface area contributed by atoms with E-state index < -0.39 is 17.2 Å². The Morgan fingerprint density at radius 2 is 2.19 bits per heavy atom. The summed E-state index contributed by atoms with van der Waals surface area (Å²) < 4.78 is 33.2. The van der Waals surface area contributed by atoms with Crippen molar-refractivity contribution in [1.29, 1.82) is 5.41 Å². The maximum absolute atomic E-state index is 14.3. The highest BCUT2D eigenvalue weighted by Crippen LogP contribution is 2.41. The molecule has 4 rings (SSSR count). The van der Waals surface area contributed by atoms with Gasteiger partial charge >= 0.3 is 0 Å². The molecule has 2 aliphatic heterocycles. The zero-order valence-electron chi connectivity index (χ0n) is 17.2. The van der Waals surface area contributed by atoms with E-state index in [2.05, 4.69) is 9.97 Å². The van der Waals surface area contributed by atoms with Crippen molar-refractivity contribution in [2.75, 3.05) is 36.6 Å². The molecule has 10 heteroatoms. The summed E-state index contributed by atoms with van der Waals surface area (Å²) in [6.45, 7) is 3.05. The Morgan fingerprint density at radius 1 is 1.42 bits per heavy atom. The Bertz CT molecular complexity index is 1110. The maximum Gasteiger partial charge on any atom is 0.255 e. The van der Waals surface area contributed by atoms with Gasteiger partial charge in [-0.1, -0.05) is 6.92 Å². The lowest BCUT2D eigenvalue weighted by molar-refractivity contribution is -0.128. The number of aromatic nitrogens is 2. The number of carbonyl (C=O) groups is 1. The molecule has 0 saturated carbocycles. The van der Waals surface area contributed by atoms with E-state index in [1.165, 1.54) is 17.2 Å². The van der Waals surface area contributed by atoms with E-state index in [9.17, 15) is 13.6 Å². The second-order valence-corrected chi connectivity index (χ2v) is 7.45. The summed E-state index contributed by atoms with van der Waals surface area (Å²) in [4.78, 5) is 25.4. The second-order valence-electron chi connectivity index (χ2n) is 7.45. The van der Waals surface area contributed by atoms with Gasteiger partial charge in [0.25, 0.3) is 5.91 Å². The molecule has 1 amide bonds. The van der Waals surface area contributed by atoms with Crippen LogP contribution in [0.2, 0.25) is 0 Å². The van der Waals surface area contributed by atoms with Crippen LogP contribution in [0.15, 0.2) is 24.4 Å². The number of hydrogen-bond donors (Lipinski definition) is 2. The molecule has 8 nitrogen and oxygen atoms in total. The van der Waals surface area contributed by atoms with E-state index in [1.54, 1.807) is 7.05 Å². The minimum atomic E-state index is -0.880. The summed E-state index contributed by atoms with van der Waals surface area (Å²) in [7, 11) is 1.66. The molecule has 0 radical (unpaired) electrons. The molecule has 1 atom stereocenters. The van der Waals surface area contributed by atoms with Gasteiger partial charge in [0.05, 0.1) is 30.7 Å². The van der Waals surface area contributed by atoms with Crippen molar-refractivity contribution >= 4 is 34.9 Å². The fourth-order valence-corrected chi connectivity index (χ4v) is 4.09. The Kier molecular flexibility index (Phi) is 5.18. The average Bonchev–Trinajstić information content (AvgIpc) is 2.77. The van der Waals surface area contributed by atoms with E-state index in [4.69, 9.17) is 15.9 Å². The van der Waals surface area contributed by atoms with Crippen molar-refractivity contribution < 1.29 is 18.3 Å². The van der Waals surface area contributed by atoms with Crippen LogP contribution in [-0.2, 0) is 9.53 Å². The number of likely N-dealkylation sites (N-methyl/N-ethyl adjacent to an activating group) is 1. The van der Waals surface area contributed by atoms with Gasteiger partial charge in [-0.25, -0.2) is 18.7 Å². The van der Waals surface area contributed by atoms with Crippen LogP contribution in [0.5, 0.6) is 0 Å². The van der Waals surface area contributed by atoms with Gasteiger partial charge in [0.2, 0.25) is 0 Å². The van der Waals surface area contributed by atoms with E-state index in [0.29, 0.717) is 31.1 Å². The highest BCUT2D eigenvalue weighted by molar-refractivity contribution is 6.17. The fraction of sp³-hybridized carbons (Fsp3) is 0.333. The topological polar surface area (TPSA) is 108 Å². The average molecular weight is 428 g/mol. The van der Waals surface area contributed by atoms with Gasteiger partial charge in [0, 0.05) is 31.4 Å². The van der Waals surface area contributed by atoms with Gasteiger partial charge < -0.3 is 25.7 Å². The maximum atomic E-state index is 14.3. The lowest BCUT2D eigenvalue weighted by Gasteiger charge is -2.51. The molecule has 31 heavy (non-hydrogen) atoms. The molecule has 0 spiro atoms. The van der Waals surface area contributed by atoms with Gasteiger partial charge in [-0.05, 0) is 18.6 Å². The van der Waals surface area contributed by atoms with Gasteiger partial charge in [-0.2, -0.15) is 0 Å². The minimum Gasteiger partial charge on any atom is -0.398 e. The predicted octanol–water partition coefficient (Wildman–Crippen LogP) is 2.19. The lowest BCUT2D eigenvalue weighted by Crippen LogP contribution is -2.68. The number of carbonyl (C=O) groups excluding carboxylic acids is 1. The van der Waals surface area contributed by atoms with Gasteiger partial charge in [-0.3, -0.25) is 4.79 Å². The molecular formula is C21H22F2N6O2. The predicted molar refractivity (Wildman–Crippen MR) is 113 cm³/mol. The number of allylic oxidation sites excluding steroid dienone is 1. The van der Waals surface area contributed by atoms with Crippen molar-refractivity contribution in [3.05, 3.63) is 47.4 Å². The molecule has 162 valence electrons. The van der Waals surface area contributed by atoms with Crippen LogP contribution in [0.4, 0.5) is 20.3 Å². The van der Waals surface area contributed by atoms with Crippen LogP contribution in [0.25, 0.3) is 11.3 Å². The summed E-state index contributed by atoms with van der Waals surface area (Å²) >= 11 is 0. The van der Waals surface area contributed by atoms with E-state index in [0.717, 1.165) is 18.3 Å². The summed E-state index contributed by atoms with van der Waals surface area (Å²) in [5, 5.41) is 7.82. The number of nitrogens with zero attached hydrogens (tertiary/aromatic N) is 4. The first-order valence-electron chi connectivity index (χ1n) is 9.80. The molecule has 2 aromatic rings. The lowest BCUT2D eigenvalue weighted by atomic mass is 9.89. The zero-order chi connectivity index (χ0) is 22.3. The Morgan fingerprint density at radius 3 is 2.87 bits per heavy atom. The smallest absolute Gasteiger partial charge is 0.255 e. The van der Waals surface area contributed by atoms with Crippen LogP contribution >= 0.6 is 0 Å². The van der Waals surface area contributed by atoms with Crippen LogP contribution in [0, 0.1) is 17.0 Å². The molecule has 1 saturated heterocycles. The summed E-state index contributed by atoms with van der Waals surface area (Å²) in [5.41, 5.74) is 5.72. The number of morpholine rings is 1. The minimum absolute atomic E-state index is 0.0530. The molecule has 2 aliphatic rings. The first kappa shape index (κ1) is 20.9. The van der Waals surface area contributed by atoms with Crippen molar-refractivity contribution in [2.45, 2.75) is 18.9 Å². The molecule has 3 N–H and O–H groups in total. The Balaban J connectivity index is 1.87. The standard InChI is InChI=1S/C21H22F2N6O2/c1-3-21-11-31-7-6-29(21)19-16(28(2)20(21)30)10-26-18(27-19)14(9-24)17(25)13-5-4-12(22)8-15(13)23/h4-5,8-10,24H,3,6-7,11,25H2,1-2H3/b17-14+,24-9?. The first-order chi connectivity index (χ1) is 14.8. The highest BCUT2D eigenvalue weighted by atomic mass is 19.1. The molecule has 1 aromatic heterocycles. The number of halogens is 2. The van der Waals surface area contributed by atoms with E-state index in [-0.39, 0.29) is 35.2 Å². The van der Waals surface area contributed by atoms with Crippen LogP contribution < -0.4 is 15.5 Å². The fourth-order valence-electron chi connectivity index (χ4n) is 4.09. The van der Waals surface area contributed by atoms with Crippen LogP contribution in [-0.4, -0.2) is 54.4 Å². The van der Waals surface area contributed by atoms with Gasteiger partial charge in [-0.15, -0.1) is 0 Å². The molecule has 0 bridgehead atoms. The van der Waals surface area contributed by atoms with Crippen LogP contribution in [0.3, 0.4) is 0 Å². The monoisotopic (exact) mass is 428 g/mol. The number of fused-ring (bicyclic) bond motifs is 3. The molecule has 3 heterocycles. The number of anilines is 2. The number of benzene rings is 1. The van der Waals surface area contributed by atoms with Crippen molar-refractivity contribution in [2.24, 2.45) is 5.73 Å². The number of nitrogens with one attached hydrogen (secondary N) is 1. The van der Waals surface area contributed by atoms with Crippen molar-refractivity contribution in [3.8, 4) is 0 Å². The van der Waals surface area contributed by atoms with E-state index in [1.807, 2.05) is 11.8 Å². The number of hydrogen-bond acceptors (Lipinski definition) is 7. The molecular weight excluding hydrogens is 406 g/mol. The number of rotatable bonds is 4. The third-order valence-corrected chi connectivity index (χ3v) is 5.87. The third-order valence-electron chi connectivity index (χ3n) is 5.87. The molecule has 1 aromatic carbocycles. The normalized spacial score (nSPS) is 21.4. The van der Waals surface area contributed by atoms with Crippen molar-refractivity contribution in [1.82, 2.24) is 9.97 Å². The molecule has 0 aliphatic carbocycles. The SMILES string of the molecule is CCC12COCCN1c1nc(/C(C=N)=C(/N)c3ccc(F)cc3F)ncc1N(C)C2=O. The number of nitrogens with two attached hydrogens (primary N) is 1. The van der Waals surface area contributed by atoms with Crippen molar-refractivity contribution in [3.63, 3.8) is 0 Å². The summed E-state index contributed by atoms with van der Waals surface area (Å²) in [6.07, 6.45) is 2.94. The summed E-state index contributed by atoms with van der Waals surface area (Å²) in [6, 6.07) is 3.02. The highest BCUT2D eigenvalue weighted by Gasteiger charge is 2.52. The quantitative estimate of drug-likeness (QED) is 0.723. The Labute approximate surface area is 177 Å². The first-order valence-corrected chi connectivity index (χ1v) is 9.80. The van der Waals surface area contributed by atoms with Crippen LogP contribution in [0.1, 0.15) is 24.7 Å². The van der Waals surface area contributed by atoms with Gasteiger partial charge in [0.15, 0.2) is 11.6 Å². The number of amides is 1.